The monoisotopic (exact) mass is 387 g/mol. The van der Waals surface area contributed by atoms with Crippen LogP contribution in [0.25, 0.3) is 0 Å². The number of nitrogens with zero attached hydrogens (tertiary/aromatic N) is 5. The standard InChI is InChI=1S/C21H27F2N5/c1-17-3-2-4-18(13-17)15-26-9-11-28(12-10-26)20-14-19(24-16-25-20)27-7-5-21(22,23)6-8-27/h2-4,13-14,16H,5-12,15H2,1H3. The number of piperidine rings is 1. The van der Waals surface area contributed by atoms with Crippen molar-refractivity contribution >= 4 is 11.6 Å². The van der Waals surface area contributed by atoms with Crippen molar-refractivity contribution in [1.82, 2.24) is 14.9 Å². The van der Waals surface area contributed by atoms with E-state index in [1.807, 2.05) is 11.0 Å². The van der Waals surface area contributed by atoms with Gasteiger partial charge >= 0.3 is 0 Å². The molecule has 2 saturated heterocycles. The Kier molecular flexibility index (Phi) is 5.44. The van der Waals surface area contributed by atoms with Gasteiger partial charge in [-0.15, -0.1) is 0 Å². The predicted molar refractivity (Wildman–Crippen MR) is 107 cm³/mol. The summed E-state index contributed by atoms with van der Waals surface area (Å²) >= 11 is 0. The highest BCUT2D eigenvalue weighted by molar-refractivity contribution is 5.50. The number of hydrogen-bond acceptors (Lipinski definition) is 5. The SMILES string of the molecule is Cc1cccc(CN2CCN(c3cc(N4CCC(F)(F)CC4)ncn3)CC2)c1. The number of rotatable bonds is 4. The molecule has 0 bridgehead atoms. The van der Waals surface area contributed by atoms with Crippen molar-refractivity contribution in [3.05, 3.63) is 47.8 Å². The molecule has 0 aliphatic carbocycles. The minimum absolute atomic E-state index is 0.107. The molecule has 150 valence electrons. The fourth-order valence-electron chi connectivity index (χ4n) is 3.95. The van der Waals surface area contributed by atoms with E-state index in [0.717, 1.165) is 44.4 Å². The first-order valence-corrected chi connectivity index (χ1v) is 9.96. The number of halogens is 2. The van der Waals surface area contributed by atoms with Crippen LogP contribution in [0.15, 0.2) is 36.7 Å². The number of aromatic nitrogens is 2. The van der Waals surface area contributed by atoms with E-state index >= 15 is 0 Å². The summed E-state index contributed by atoms with van der Waals surface area (Å²) in [6.45, 7) is 7.53. The second-order valence-electron chi connectivity index (χ2n) is 7.83. The van der Waals surface area contributed by atoms with E-state index in [1.54, 1.807) is 6.33 Å². The molecule has 0 saturated carbocycles. The van der Waals surface area contributed by atoms with Crippen LogP contribution in [-0.4, -0.2) is 60.1 Å². The molecule has 3 heterocycles. The quantitative estimate of drug-likeness (QED) is 0.804. The molecule has 0 radical (unpaired) electrons. The first-order chi connectivity index (χ1) is 13.5. The van der Waals surface area contributed by atoms with Crippen molar-refractivity contribution < 1.29 is 8.78 Å². The number of aryl methyl sites for hydroxylation is 1. The third-order valence-corrected chi connectivity index (χ3v) is 5.64. The molecule has 2 aromatic rings. The van der Waals surface area contributed by atoms with Gasteiger partial charge in [-0.2, -0.15) is 0 Å². The molecule has 0 amide bonds. The molecule has 1 aromatic heterocycles. The maximum absolute atomic E-state index is 13.4. The van der Waals surface area contributed by atoms with Gasteiger partial charge in [0.25, 0.3) is 5.92 Å². The maximum Gasteiger partial charge on any atom is 0.251 e. The van der Waals surface area contributed by atoms with Crippen molar-refractivity contribution in [1.29, 1.82) is 0 Å². The van der Waals surface area contributed by atoms with Crippen LogP contribution in [0.4, 0.5) is 20.4 Å². The number of anilines is 2. The van der Waals surface area contributed by atoms with Crippen molar-refractivity contribution in [3.63, 3.8) is 0 Å². The molecule has 0 N–H and O–H groups in total. The van der Waals surface area contributed by atoms with Gasteiger partial charge in [-0.3, -0.25) is 4.90 Å². The summed E-state index contributed by atoms with van der Waals surface area (Å²) in [4.78, 5) is 15.4. The second kappa shape index (κ2) is 7.99. The summed E-state index contributed by atoms with van der Waals surface area (Å²) in [5.74, 6) is -0.903. The fraction of sp³-hybridized carbons (Fsp3) is 0.524. The maximum atomic E-state index is 13.4. The average Bonchev–Trinajstić information content (AvgIpc) is 2.69. The zero-order chi connectivity index (χ0) is 19.6. The summed E-state index contributed by atoms with van der Waals surface area (Å²) in [6.07, 6.45) is 1.34. The minimum Gasteiger partial charge on any atom is -0.356 e. The van der Waals surface area contributed by atoms with Crippen LogP contribution in [0.1, 0.15) is 24.0 Å². The Balaban J connectivity index is 1.34. The third kappa shape index (κ3) is 4.58. The first kappa shape index (κ1) is 19.1. The highest BCUT2D eigenvalue weighted by Gasteiger charge is 2.34. The lowest BCUT2D eigenvalue weighted by Gasteiger charge is -2.36. The van der Waals surface area contributed by atoms with Gasteiger partial charge in [0.1, 0.15) is 18.0 Å². The van der Waals surface area contributed by atoms with Crippen LogP contribution >= 0.6 is 0 Å². The molecule has 1 aromatic carbocycles. The fourth-order valence-corrected chi connectivity index (χ4v) is 3.95. The molecule has 2 aliphatic rings. The molecular formula is C21H27F2N5. The Morgan fingerprint density at radius 1 is 0.893 bits per heavy atom. The zero-order valence-electron chi connectivity index (χ0n) is 16.3. The summed E-state index contributed by atoms with van der Waals surface area (Å²) in [7, 11) is 0. The molecule has 0 atom stereocenters. The Bertz CT molecular complexity index is 795. The lowest BCUT2D eigenvalue weighted by Crippen LogP contribution is -2.46. The summed E-state index contributed by atoms with van der Waals surface area (Å²) < 4.78 is 26.8. The molecule has 0 unspecified atom stereocenters. The van der Waals surface area contributed by atoms with E-state index in [1.165, 1.54) is 11.1 Å². The molecule has 28 heavy (non-hydrogen) atoms. The smallest absolute Gasteiger partial charge is 0.251 e. The van der Waals surface area contributed by atoms with E-state index in [2.05, 4.69) is 51.0 Å². The van der Waals surface area contributed by atoms with Gasteiger partial charge in [0.2, 0.25) is 0 Å². The molecule has 5 nitrogen and oxygen atoms in total. The number of piperazine rings is 1. The van der Waals surface area contributed by atoms with Gasteiger partial charge in [0, 0.05) is 64.7 Å². The van der Waals surface area contributed by atoms with Crippen LogP contribution < -0.4 is 9.80 Å². The molecule has 0 spiro atoms. The van der Waals surface area contributed by atoms with E-state index in [0.29, 0.717) is 13.1 Å². The second-order valence-corrected chi connectivity index (χ2v) is 7.83. The lowest BCUT2D eigenvalue weighted by atomic mass is 10.1. The largest absolute Gasteiger partial charge is 0.356 e. The van der Waals surface area contributed by atoms with E-state index in [4.69, 9.17) is 0 Å². The predicted octanol–water partition coefficient (Wildman–Crippen LogP) is 3.34. The Morgan fingerprint density at radius 3 is 2.18 bits per heavy atom. The topological polar surface area (TPSA) is 35.5 Å². The highest BCUT2D eigenvalue weighted by atomic mass is 19.3. The van der Waals surface area contributed by atoms with E-state index < -0.39 is 5.92 Å². The average molecular weight is 387 g/mol. The van der Waals surface area contributed by atoms with Gasteiger partial charge in [-0.25, -0.2) is 18.7 Å². The van der Waals surface area contributed by atoms with Crippen molar-refractivity contribution in [3.8, 4) is 0 Å². The van der Waals surface area contributed by atoms with Crippen LogP contribution in [0.2, 0.25) is 0 Å². The van der Waals surface area contributed by atoms with E-state index in [-0.39, 0.29) is 12.8 Å². The Hall–Kier alpha value is -2.28. The third-order valence-electron chi connectivity index (χ3n) is 5.64. The highest BCUT2D eigenvalue weighted by Crippen LogP contribution is 2.30. The zero-order valence-corrected chi connectivity index (χ0v) is 16.3. The molecule has 4 rings (SSSR count). The van der Waals surface area contributed by atoms with Crippen LogP contribution in [0.5, 0.6) is 0 Å². The van der Waals surface area contributed by atoms with Crippen LogP contribution in [-0.2, 0) is 6.54 Å². The Morgan fingerprint density at radius 2 is 1.54 bits per heavy atom. The van der Waals surface area contributed by atoms with Gasteiger partial charge < -0.3 is 9.80 Å². The van der Waals surface area contributed by atoms with Crippen molar-refractivity contribution in [2.45, 2.75) is 32.2 Å². The molecular weight excluding hydrogens is 360 g/mol. The first-order valence-electron chi connectivity index (χ1n) is 9.96. The van der Waals surface area contributed by atoms with Gasteiger partial charge in [0.05, 0.1) is 0 Å². The van der Waals surface area contributed by atoms with Gasteiger partial charge in [-0.1, -0.05) is 29.8 Å². The molecule has 7 heteroatoms. The van der Waals surface area contributed by atoms with Crippen molar-refractivity contribution in [2.75, 3.05) is 49.1 Å². The summed E-state index contributed by atoms with van der Waals surface area (Å²) in [6, 6.07) is 10.6. The molecule has 2 fully saturated rings. The number of alkyl halides is 2. The number of hydrogen-bond donors (Lipinski definition) is 0. The summed E-state index contributed by atoms with van der Waals surface area (Å²) in [5, 5.41) is 0. The normalized spacial score (nSPS) is 20.4. The summed E-state index contributed by atoms with van der Waals surface area (Å²) in [5.41, 5.74) is 2.64. The lowest BCUT2D eigenvalue weighted by molar-refractivity contribution is -0.0221. The van der Waals surface area contributed by atoms with E-state index in [9.17, 15) is 8.78 Å². The van der Waals surface area contributed by atoms with Gasteiger partial charge in [-0.05, 0) is 12.5 Å². The van der Waals surface area contributed by atoms with Crippen LogP contribution in [0, 0.1) is 6.92 Å². The number of benzene rings is 1. The molecule has 2 aliphatic heterocycles. The Labute approximate surface area is 165 Å². The van der Waals surface area contributed by atoms with Gasteiger partial charge in [0.15, 0.2) is 0 Å². The minimum atomic E-state index is -2.54. The van der Waals surface area contributed by atoms with Crippen molar-refractivity contribution in [2.24, 2.45) is 0 Å². The van der Waals surface area contributed by atoms with Crippen LogP contribution in [0.3, 0.4) is 0 Å².